The zero-order valence-corrected chi connectivity index (χ0v) is 23.3. The molecule has 0 saturated carbocycles. The van der Waals surface area contributed by atoms with Gasteiger partial charge >= 0.3 is 0 Å². The third kappa shape index (κ3) is 6.49. The zero-order valence-electron chi connectivity index (χ0n) is 20.9. The van der Waals surface area contributed by atoms with Crippen molar-refractivity contribution in [3.05, 3.63) is 89.3 Å². The number of sulfone groups is 1. The largest absolute Gasteiger partial charge is 0.391 e. The van der Waals surface area contributed by atoms with Crippen LogP contribution in [0.15, 0.2) is 88.1 Å². The molecule has 190 valence electrons. The second-order valence-corrected chi connectivity index (χ2v) is 13.7. The summed E-state index contributed by atoms with van der Waals surface area (Å²) in [7, 11) is -3.68. The van der Waals surface area contributed by atoms with Crippen LogP contribution in [0.5, 0.6) is 0 Å². The van der Waals surface area contributed by atoms with E-state index in [4.69, 9.17) is 4.98 Å². The first-order chi connectivity index (χ1) is 17.6. The number of rotatable bonds is 8. The van der Waals surface area contributed by atoms with Crippen LogP contribution < -0.4 is 0 Å². The smallest absolute Gasteiger partial charge is 0.180 e. The minimum atomic E-state index is -3.68. The van der Waals surface area contributed by atoms with E-state index in [0.29, 0.717) is 10.6 Å². The van der Waals surface area contributed by atoms with E-state index < -0.39 is 21.7 Å². The van der Waals surface area contributed by atoms with Gasteiger partial charge in [0.05, 0.1) is 32.9 Å². The van der Waals surface area contributed by atoms with E-state index in [-0.39, 0.29) is 16.1 Å². The normalized spacial score (nSPS) is 12.7. The number of thiophene rings is 1. The quantitative estimate of drug-likeness (QED) is 0.250. The summed E-state index contributed by atoms with van der Waals surface area (Å²) in [6, 6.07) is 24.5. The van der Waals surface area contributed by atoms with E-state index >= 15 is 0 Å². The number of hydrogen-bond donors (Lipinski definition) is 1. The van der Waals surface area contributed by atoms with Crippen molar-refractivity contribution in [2.45, 2.75) is 42.2 Å². The Bertz CT molecular complexity index is 1500. The van der Waals surface area contributed by atoms with Crippen LogP contribution in [-0.2, 0) is 15.3 Å². The molecule has 0 amide bonds. The highest BCUT2D eigenvalue weighted by Crippen LogP contribution is 2.35. The Morgan fingerprint density at radius 2 is 1.76 bits per heavy atom. The van der Waals surface area contributed by atoms with Crippen molar-refractivity contribution >= 4 is 32.9 Å². The van der Waals surface area contributed by atoms with Crippen LogP contribution in [0.25, 0.3) is 21.7 Å². The Morgan fingerprint density at radius 3 is 2.35 bits per heavy atom. The Hall–Kier alpha value is -2.96. The lowest BCUT2D eigenvalue weighted by Crippen LogP contribution is -2.23. The average Bonchev–Trinajstić information content (AvgIpc) is 3.42. The SMILES string of the molecule is CC(C)(C)c1ccc(S(=O)(=O)C[C@H](O)CSc2nc(-c3cccs3)cc(-c3ccccc3)c2C#N)cc1. The summed E-state index contributed by atoms with van der Waals surface area (Å²) >= 11 is 2.75. The molecule has 0 radical (unpaired) electrons. The van der Waals surface area contributed by atoms with Crippen LogP contribution >= 0.6 is 23.1 Å². The Morgan fingerprint density at radius 1 is 1.05 bits per heavy atom. The van der Waals surface area contributed by atoms with Crippen molar-refractivity contribution in [3.8, 4) is 27.8 Å². The summed E-state index contributed by atoms with van der Waals surface area (Å²) < 4.78 is 25.9. The molecule has 37 heavy (non-hydrogen) atoms. The summed E-state index contributed by atoms with van der Waals surface area (Å²) in [5.41, 5.74) is 3.74. The predicted molar refractivity (Wildman–Crippen MR) is 152 cm³/mol. The molecule has 4 rings (SSSR count). The fourth-order valence-corrected chi connectivity index (χ4v) is 7.00. The maximum atomic E-state index is 13.0. The summed E-state index contributed by atoms with van der Waals surface area (Å²) in [6.45, 7) is 6.20. The molecular weight excluding hydrogens is 521 g/mol. The lowest BCUT2D eigenvalue weighted by Gasteiger charge is -2.19. The molecule has 2 aromatic carbocycles. The number of nitrogens with zero attached hydrogens (tertiary/aromatic N) is 2. The van der Waals surface area contributed by atoms with Gasteiger partial charge in [0.15, 0.2) is 9.84 Å². The molecular formula is C29H28N2O3S3. The minimum Gasteiger partial charge on any atom is -0.391 e. The van der Waals surface area contributed by atoms with Gasteiger partial charge in [-0.25, -0.2) is 13.4 Å². The van der Waals surface area contributed by atoms with E-state index in [1.807, 2.05) is 66.0 Å². The van der Waals surface area contributed by atoms with Gasteiger partial charge in [-0.1, -0.05) is 69.3 Å². The van der Waals surface area contributed by atoms with E-state index in [9.17, 15) is 18.8 Å². The van der Waals surface area contributed by atoms with Gasteiger partial charge < -0.3 is 5.11 Å². The average molecular weight is 549 g/mol. The summed E-state index contributed by atoms with van der Waals surface area (Å²) in [5, 5.41) is 23.1. The first kappa shape index (κ1) is 27.1. The van der Waals surface area contributed by atoms with Crippen molar-refractivity contribution in [2.24, 2.45) is 0 Å². The van der Waals surface area contributed by atoms with Crippen molar-refractivity contribution in [3.63, 3.8) is 0 Å². The highest BCUT2D eigenvalue weighted by Gasteiger charge is 2.23. The number of aliphatic hydroxyl groups excluding tert-OH is 1. The van der Waals surface area contributed by atoms with E-state index in [0.717, 1.165) is 27.3 Å². The first-order valence-electron chi connectivity index (χ1n) is 11.8. The molecule has 4 aromatic rings. The molecule has 0 aliphatic carbocycles. The van der Waals surface area contributed by atoms with Crippen LogP contribution in [0.2, 0.25) is 0 Å². The molecule has 8 heteroatoms. The number of thioether (sulfide) groups is 1. The summed E-state index contributed by atoms with van der Waals surface area (Å²) in [5.74, 6) is -0.323. The molecule has 0 aliphatic rings. The fraction of sp³-hybridized carbons (Fsp3) is 0.241. The number of aromatic nitrogens is 1. The monoisotopic (exact) mass is 548 g/mol. The van der Waals surface area contributed by atoms with E-state index in [2.05, 4.69) is 26.8 Å². The van der Waals surface area contributed by atoms with Crippen LogP contribution in [0, 0.1) is 11.3 Å². The number of nitriles is 1. The first-order valence-corrected chi connectivity index (χ1v) is 15.3. The molecule has 1 N–H and O–H groups in total. The highest BCUT2D eigenvalue weighted by atomic mass is 32.2. The number of benzene rings is 2. The van der Waals surface area contributed by atoms with Gasteiger partial charge in [0, 0.05) is 11.3 Å². The molecule has 2 heterocycles. The van der Waals surface area contributed by atoms with E-state index in [1.165, 1.54) is 11.8 Å². The topological polar surface area (TPSA) is 91.1 Å². The molecule has 1 atom stereocenters. The van der Waals surface area contributed by atoms with Gasteiger partial charge in [-0.2, -0.15) is 5.26 Å². The summed E-state index contributed by atoms with van der Waals surface area (Å²) in [4.78, 5) is 5.87. The maximum absolute atomic E-state index is 13.0. The second-order valence-electron chi connectivity index (χ2n) is 9.71. The van der Waals surface area contributed by atoms with Gasteiger partial charge in [0.2, 0.25) is 0 Å². The van der Waals surface area contributed by atoms with Crippen LogP contribution in [0.1, 0.15) is 31.9 Å². The van der Waals surface area contributed by atoms with Gasteiger partial charge in [0.1, 0.15) is 11.1 Å². The molecule has 0 bridgehead atoms. The molecule has 0 saturated heterocycles. The molecule has 0 aliphatic heterocycles. The van der Waals surface area contributed by atoms with Gasteiger partial charge in [-0.15, -0.1) is 23.1 Å². The third-order valence-electron chi connectivity index (χ3n) is 5.86. The molecule has 2 aromatic heterocycles. The third-order valence-corrected chi connectivity index (χ3v) is 9.69. The Kier molecular flexibility index (Phi) is 8.20. The minimum absolute atomic E-state index is 0.0832. The van der Waals surface area contributed by atoms with E-state index in [1.54, 1.807) is 23.5 Å². The number of aliphatic hydroxyl groups is 1. The lowest BCUT2D eigenvalue weighted by molar-refractivity contribution is 0.222. The van der Waals surface area contributed by atoms with Crippen LogP contribution in [0.3, 0.4) is 0 Å². The lowest BCUT2D eigenvalue weighted by atomic mass is 9.87. The Balaban J connectivity index is 1.57. The van der Waals surface area contributed by atoms with Gasteiger partial charge in [-0.05, 0) is 46.2 Å². The van der Waals surface area contributed by atoms with Gasteiger partial charge in [-0.3, -0.25) is 0 Å². The molecule has 0 unspecified atom stereocenters. The Labute approximate surface area is 226 Å². The standard InChI is InChI=1S/C29H28N2O3S3/c1-29(2,3)21-11-13-23(14-12-21)37(33,34)19-22(32)18-36-28-25(17-30)24(20-8-5-4-6-9-20)16-26(31-28)27-10-7-15-35-27/h4-16,22,32H,18-19H2,1-3H3/t22-/m1/s1. The number of hydrogen-bond acceptors (Lipinski definition) is 7. The van der Waals surface area contributed by atoms with Crippen molar-refractivity contribution in [1.82, 2.24) is 4.98 Å². The van der Waals surface area contributed by atoms with Crippen molar-refractivity contribution < 1.29 is 13.5 Å². The van der Waals surface area contributed by atoms with Gasteiger partial charge in [0.25, 0.3) is 0 Å². The maximum Gasteiger partial charge on any atom is 0.180 e. The second kappa shape index (κ2) is 11.2. The fourth-order valence-electron chi connectivity index (χ4n) is 3.87. The van der Waals surface area contributed by atoms with Crippen molar-refractivity contribution in [1.29, 1.82) is 5.26 Å². The number of pyridine rings is 1. The van der Waals surface area contributed by atoms with Crippen molar-refractivity contribution in [2.75, 3.05) is 11.5 Å². The molecule has 5 nitrogen and oxygen atoms in total. The van der Waals surface area contributed by atoms with Crippen LogP contribution in [-0.4, -0.2) is 36.1 Å². The predicted octanol–water partition coefficient (Wildman–Crippen LogP) is 6.57. The molecule has 0 spiro atoms. The van der Waals surface area contributed by atoms with Crippen LogP contribution in [0.4, 0.5) is 0 Å². The summed E-state index contributed by atoms with van der Waals surface area (Å²) in [6.07, 6.45) is -1.13. The zero-order chi connectivity index (χ0) is 26.6. The molecule has 0 fully saturated rings. The highest BCUT2D eigenvalue weighted by molar-refractivity contribution is 7.99.